The first-order valence-electron chi connectivity index (χ1n) is 12.1. The van der Waals surface area contributed by atoms with E-state index in [-0.39, 0.29) is 11.5 Å². The zero-order chi connectivity index (χ0) is 24.9. The minimum atomic E-state index is -0.937. The molecule has 1 heterocycles. The third-order valence-corrected chi connectivity index (χ3v) is 6.16. The van der Waals surface area contributed by atoms with Gasteiger partial charge in [-0.15, -0.1) is 0 Å². The third kappa shape index (κ3) is 5.11. The second kappa shape index (κ2) is 10.6. The smallest absolute Gasteiger partial charge is 0.336 e. The topological polar surface area (TPSA) is 84.2 Å². The Morgan fingerprint density at radius 2 is 1.74 bits per heavy atom. The van der Waals surface area contributed by atoms with Crippen LogP contribution in [0.15, 0.2) is 60.7 Å². The van der Waals surface area contributed by atoms with Gasteiger partial charge in [-0.25, -0.2) is 9.78 Å². The van der Waals surface area contributed by atoms with Gasteiger partial charge in [0.2, 0.25) is 0 Å². The number of fused-ring (bicyclic) bond motifs is 1. The van der Waals surface area contributed by atoms with E-state index >= 15 is 0 Å². The Labute approximate surface area is 205 Å². The number of amides is 1. The van der Waals surface area contributed by atoms with E-state index in [0.717, 1.165) is 52.8 Å². The number of hydrogen-bond donors (Lipinski definition) is 2. The molecule has 0 bridgehead atoms. The summed E-state index contributed by atoms with van der Waals surface area (Å²) in [6, 6.07) is 18.9. The van der Waals surface area contributed by atoms with Crippen molar-refractivity contribution in [3.63, 3.8) is 0 Å². The highest BCUT2D eigenvalue weighted by molar-refractivity contribution is 5.98. The van der Waals surface area contributed by atoms with Crippen LogP contribution in [0.1, 0.15) is 64.4 Å². The summed E-state index contributed by atoms with van der Waals surface area (Å²) in [5.41, 5.74) is 6.44. The largest absolute Gasteiger partial charge is 0.478 e. The highest BCUT2D eigenvalue weighted by Gasteiger charge is 2.17. The van der Waals surface area contributed by atoms with E-state index in [4.69, 9.17) is 4.98 Å². The predicted molar refractivity (Wildman–Crippen MR) is 139 cm³/mol. The molecule has 0 fully saturated rings. The summed E-state index contributed by atoms with van der Waals surface area (Å²) in [6.07, 6.45) is 2.70. The van der Waals surface area contributed by atoms with Crippen LogP contribution in [0.2, 0.25) is 0 Å². The normalized spacial score (nSPS) is 11.1. The maximum atomic E-state index is 12.7. The Morgan fingerprint density at radius 1 is 1.00 bits per heavy atom. The van der Waals surface area contributed by atoms with Crippen LogP contribution in [-0.2, 0) is 13.0 Å². The number of carboxylic acids is 1. The van der Waals surface area contributed by atoms with Crippen molar-refractivity contribution in [3.05, 3.63) is 88.7 Å². The summed E-state index contributed by atoms with van der Waals surface area (Å²) in [5.74, 6) is -0.00646. The van der Waals surface area contributed by atoms with E-state index in [2.05, 4.69) is 16.8 Å². The third-order valence-electron chi connectivity index (χ3n) is 6.16. The Kier molecular flexibility index (Phi) is 7.30. The van der Waals surface area contributed by atoms with Gasteiger partial charge >= 0.3 is 5.97 Å². The molecule has 0 saturated carbocycles. The number of carbonyl (C=O) groups is 2. The fraction of sp³-hybridized carbons (Fsp3) is 0.276. The molecule has 3 aromatic carbocycles. The molecule has 0 aliphatic carbocycles. The van der Waals surface area contributed by atoms with Gasteiger partial charge in [0.25, 0.3) is 5.91 Å². The number of carbonyl (C=O) groups excluding carboxylic acids is 1. The molecule has 0 saturated heterocycles. The van der Waals surface area contributed by atoms with Crippen LogP contribution >= 0.6 is 0 Å². The quantitative estimate of drug-likeness (QED) is 0.322. The van der Waals surface area contributed by atoms with Crippen molar-refractivity contribution < 1.29 is 14.7 Å². The minimum Gasteiger partial charge on any atom is -0.478 e. The summed E-state index contributed by atoms with van der Waals surface area (Å²) >= 11 is 0. The first-order valence-corrected chi connectivity index (χ1v) is 12.1. The number of rotatable bonds is 9. The van der Waals surface area contributed by atoms with Crippen LogP contribution in [0, 0.1) is 6.92 Å². The zero-order valence-corrected chi connectivity index (χ0v) is 20.5. The van der Waals surface area contributed by atoms with Crippen LogP contribution < -0.4 is 5.32 Å². The Hall–Kier alpha value is -3.93. The van der Waals surface area contributed by atoms with Crippen molar-refractivity contribution in [1.29, 1.82) is 0 Å². The lowest BCUT2D eigenvalue weighted by molar-refractivity contribution is 0.0697. The molecule has 6 nitrogen and oxygen atoms in total. The van der Waals surface area contributed by atoms with Gasteiger partial charge in [-0.05, 0) is 60.2 Å². The number of imidazole rings is 1. The zero-order valence-electron chi connectivity index (χ0n) is 20.5. The summed E-state index contributed by atoms with van der Waals surface area (Å²) in [4.78, 5) is 29.2. The molecule has 0 unspecified atom stereocenters. The van der Waals surface area contributed by atoms with Crippen LogP contribution in [0.4, 0.5) is 0 Å². The maximum Gasteiger partial charge on any atom is 0.336 e. The first-order chi connectivity index (χ1) is 16.9. The van der Waals surface area contributed by atoms with E-state index in [1.165, 1.54) is 0 Å². The molecule has 4 rings (SSSR count). The van der Waals surface area contributed by atoms with Crippen molar-refractivity contribution in [2.45, 2.75) is 46.6 Å². The van der Waals surface area contributed by atoms with Gasteiger partial charge in [0.1, 0.15) is 5.82 Å². The van der Waals surface area contributed by atoms with E-state index in [0.29, 0.717) is 24.2 Å². The standard InChI is InChI=1S/C29H31N3O3/c1-4-8-26-31-27-19(3)16-22(28(33)30-15-5-2)17-25(27)32(26)18-20-11-13-21(14-12-20)23-9-6-7-10-24(23)29(34)35/h6-7,9-14,16-17H,4-5,8,15,18H2,1-3H3,(H,30,33)(H,34,35). The average Bonchev–Trinajstić information content (AvgIpc) is 3.20. The average molecular weight is 470 g/mol. The summed E-state index contributed by atoms with van der Waals surface area (Å²) in [6.45, 7) is 7.43. The molecule has 0 radical (unpaired) electrons. The number of benzene rings is 3. The SMILES string of the molecule is CCCNC(=O)c1cc(C)c2nc(CCC)n(Cc3ccc(-c4ccccc4C(=O)O)cc3)c2c1. The van der Waals surface area contributed by atoms with Crippen molar-refractivity contribution in [2.24, 2.45) is 0 Å². The Bertz CT molecular complexity index is 1370. The molecule has 0 atom stereocenters. The molecule has 180 valence electrons. The summed E-state index contributed by atoms with van der Waals surface area (Å²) < 4.78 is 2.20. The number of aromatic nitrogens is 2. The second-order valence-electron chi connectivity index (χ2n) is 8.83. The van der Waals surface area contributed by atoms with E-state index < -0.39 is 5.97 Å². The van der Waals surface area contributed by atoms with Crippen LogP contribution in [0.25, 0.3) is 22.2 Å². The van der Waals surface area contributed by atoms with E-state index in [1.807, 2.05) is 62.4 Å². The lowest BCUT2D eigenvalue weighted by Crippen LogP contribution is -2.24. The molecule has 1 amide bonds. The second-order valence-corrected chi connectivity index (χ2v) is 8.83. The molecule has 35 heavy (non-hydrogen) atoms. The molecule has 6 heteroatoms. The number of nitrogens with one attached hydrogen (secondary N) is 1. The van der Waals surface area contributed by atoms with Gasteiger partial charge in [0.15, 0.2) is 0 Å². The Morgan fingerprint density at radius 3 is 2.43 bits per heavy atom. The van der Waals surface area contributed by atoms with E-state index in [9.17, 15) is 14.7 Å². The number of carboxylic acid groups (broad SMARTS) is 1. The summed E-state index contributed by atoms with van der Waals surface area (Å²) in [5, 5.41) is 12.5. The van der Waals surface area contributed by atoms with E-state index in [1.54, 1.807) is 12.1 Å². The molecular weight excluding hydrogens is 438 g/mol. The first kappa shape index (κ1) is 24.2. The predicted octanol–water partition coefficient (Wildman–Crippen LogP) is 5.85. The lowest BCUT2D eigenvalue weighted by atomic mass is 9.98. The van der Waals surface area contributed by atoms with Gasteiger partial charge in [-0.2, -0.15) is 0 Å². The number of aryl methyl sites for hydroxylation is 2. The van der Waals surface area contributed by atoms with Crippen molar-refractivity contribution in [2.75, 3.05) is 6.54 Å². The van der Waals surface area contributed by atoms with Gasteiger partial charge in [-0.3, -0.25) is 4.79 Å². The summed E-state index contributed by atoms with van der Waals surface area (Å²) in [7, 11) is 0. The van der Waals surface area contributed by atoms with Crippen LogP contribution in [-0.4, -0.2) is 33.1 Å². The molecule has 0 aliphatic heterocycles. The van der Waals surface area contributed by atoms with Crippen LogP contribution in [0.5, 0.6) is 0 Å². The monoisotopic (exact) mass is 469 g/mol. The fourth-order valence-corrected chi connectivity index (χ4v) is 4.40. The van der Waals surface area contributed by atoms with Gasteiger partial charge < -0.3 is 15.0 Å². The van der Waals surface area contributed by atoms with Gasteiger partial charge in [-0.1, -0.05) is 56.3 Å². The molecule has 2 N–H and O–H groups in total. The molecule has 0 aliphatic rings. The minimum absolute atomic E-state index is 0.0666. The van der Waals surface area contributed by atoms with Crippen molar-refractivity contribution >= 4 is 22.9 Å². The maximum absolute atomic E-state index is 12.7. The molecule has 1 aromatic heterocycles. The number of nitrogens with zero attached hydrogens (tertiary/aromatic N) is 2. The van der Waals surface area contributed by atoms with Gasteiger partial charge in [0, 0.05) is 25.1 Å². The lowest BCUT2D eigenvalue weighted by Gasteiger charge is -2.12. The highest BCUT2D eigenvalue weighted by atomic mass is 16.4. The molecule has 4 aromatic rings. The molecule has 0 spiro atoms. The fourth-order valence-electron chi connectivity index (χ4n) is 4.40. The highest BCUT2D eigenvalue weighted by Crippen LogP contribution is 2.27. The number of aromatic carboxylic acids is 1. The molecular formula is C29H31N3O3. The van der Waals surface area contributed by atoms with Crippen molar-refractivity contribution in [1.82, 2.24) is 14.9 Å². The van der Waals surface area contributed by atoms with Gasteiger partial charge in [0.05, 0.1) is 16.6 Å². The number of hydrogen-bond acceptors (Lipinski definition) is 3. The van der Waals surface area contributed by atoms with Crippen LogP contribution in [0.3, 0.4) is 0 Å². The van der Waals surface area contributed by atoms with Crippen molar-refractivity contribution in [3.8, 4) is 11.1 Å². The Balaban J connectivity index is 1.71.